The van der Waals surface area contributed by atoms with E-state index in [0.717, 1.165) is 12.1 Å². The molecule has 0 aromatic carbocycles. The van der Waals surface area contributed by atoms with Crippen LogP contribution in [0.1, 0.15) is 27.7 Å². The SMILES string of the molecule is CC(=CCl)CNC(C)C(=O)NCC(C)C. The van der Waals surface area contributed by atoms with Crippen molar-refractivity contribution in [1.29, 1.82) is 0 Å². The van der Waals surface area contributed by atoms with E-state index in [1.165, 1.54) is 5.54 Å². The first kappa shape index (κ1) is 14.5. The van der Waals surface area contributed by atoms with Crippen LogP contribution in [-0.4, -0.2) is 25.0 Å². The lowest BCUT2D eigenvalue weighted by molar-refractivity contribution is -0.122. The summed E-state index contributed by atoms with van der Waals surface area (Å²) >= 11 is 5.52. The van der Waals surface area contributed by atoms with E-state index in [1.54, 1.807) is 0 Å². The highest BCUT2D eigenvalue weighted by atomic mass is 35.5. The molecule has 0 saturated carbocycles. The van der Waals surface area contributed by atoms with Crippen LogP contribution in [0.25, 0.3) is 0 Å². The summed E-state index contributed by atoms with van der Waals surface area (Å²) < 4.78 is 0. The standard InChI is InChI=1S/C11H21ClN2O/c1-8(2)6-14-11(15)10(4)13-7-9(3)5-12/h5,8,10,13H,6-7H2,1-4H3,(H,14,15). The molecule has 0 aliphatic rings. The van der Waals surface area contributed by atoms with Crippen molar-refractivity contribution >= 4 is 17.5 Å². The molecule has 15 heavy (non-hydrogen) atoms. The fourth-order valence-corrected chi connectivity index (χ4v) is 0.980. The summed E-state index contributed by atoms with van der Waals surface area (Å²) in [5, 5.41) is 5.96. The van der Waals surface area contributed by atoms with Gasteiger partial charge in [0.05, 0.1) is 6.04 Å². The zero-order chi connectivity index (χ0) is 11.8. The highest BCUT2D eigenvalue weighted by Crippen LogP contribution is 1.94. The first-order chi connectivity index (χ1) is 6.97. The Bertz CT molecular complexity index is 227. The molecule has 1 amide bonds. The highest BCUT2D eigenvalue weighted by Gasteiger charge is 2.11. The van der Waals surface area contributed by atoms with Crippen molar-refractivity contribution in [3.63, 3.8) is 0 Å². The maximum atomic E-state index is 11.5. The van der Waals surface area contributed by atoms with Crippen LogP contribution in [0, 0.1) is 5.92 Å². The number of amides is 1. The largest absolute Gasteiger partial charge is 0.354 e. The van der Waals surface area contributed by atoms with Crippen LogP contribution in [0.5, 0.6) is 0 Å². The number of hydrogen-bond acceptors (Lipinski definition) is 2. The summed E-state index contributed by atoms with van der Waals surface area (Å²) in [7, 11) is 0. The number of nitrogens with one attached hydrogen (secondary N) is 2. The molecule has 0 heterocycles. The molecule has 0 fully saturated rings. The van der Waals surface area contributed by atoms with Crippen LogP contribution in [0.3, 0.4) is 0 Å². The molecule has 2 N–H and O–H groups in total. The minimum atomic E-state index is -0.185. The molecule has 0 rings (SSSR count). The van der Waals surface area contributed by atoms with E-state index in [-0.39, 0.29) is 11.9 Å². The van der Waals surface area contributed by atoms with Gasteiger partial charge in [-0.1, -0.05) is 25.4 Å². The van der Waals surface area contributed by atoms with Crippen molar-refractivity contribution < 1.29 is 4.79 Å². The second-order valence-electron chi connectivity index (χ2n) is 4.20. The lowest BCUT2D eigenvalue weighted by Gasteiger charge is -2.15. The Kier molecular flexibility index (Phi) is 7.44. The molecule has 1 atom stereocenters. The van der Waals surface area contributed by atoms with Crippen molar-refractivity contribution in [2.75, 3.05) is 13.1 Å². The number of carbonyl (C=O) groups is 1. The molecule has 3 nitrogen and oxygen atoms in total. The van der Waals surface area contributed by atoms with Gasteiger partial charge < -0.3 is 10.6 Å². The Morgan fingerprint density at radius 2 is 2.00 bits per heavy atom. The Balaban J connectivity index is 3.79. The summed E-state index contributed by atoms with van der Waals surface area (Å²) in [4.78, 5) is 11.5. The summed E-state index contributed by atoms with van der Waals surface area (Å²) in [5.74, 6) is 0.511. The third-order valence-electron chi connectivity index (χ3n) is 1.95. The predicted molar refractivity (Wildman–Crippen MR) is 64.9 cm³/mol. The summed E-state index contributed by atoms with van der Waals surface area (Å²) in [6, 6.07) is -0.185. The first-order valence-corrected chi connectivity index (χ1v) is 5.68. The van der Waals surface area contributed by atoms with Gasteiger partial charge in [0.15, 0.2) is 0 Å². The zero-order valence-electron chi connectivity index (χ0n) is 9.93. The minimum absolute atomic E-state index is 0.0334. The summed E-state index contributed by atoms with van der Waals surface area (Å²) in [5.41, 5.74) is 2.53. The molecular formula is C11H21ClN2O. The molecule has 88 valence electrons. The molecule has 0 saturated heterocycles. The molecule has 1 unspecified atom stereocenters. The Labute approximate surface area is 97.3 Å². The van der Waals surface area contributed by atoms with E-state index < -0.39 is 0 Å². The van der Waals surface area contributed by atoms with Crippen LogP contribution in [-0.2, 0) is 4.79 Å². The van der Waals surface area contributed by atoms with Gasteiger partial charge in [-0.2, -0.15) is 0 Å². The average Bonchev–Trinajstić information content (AvgIpc) is 2.21. The predicted octanol–water partition coefficient (Wildman–Crippen LogP) is 1.88. The molecular weight excluding hydrogens is 212 g/mol. The minimum Gasteiger partial charge on any atom is -0.354 e. The van der Waals surface area contributed by atoms with Crippen molar-refractivity contribution in [3.05, 3.63) is 11.1 Å². The van der Waals surface area contributed by atoms with E-state index in [2.05, 4.69) is 24.5 Å². The highest BCUT2D eigenvalue weighted by molar-refractivity contribution is 6.25. The van der Waals surface area contributed by atoms with Crippen LogP contribution in [0.4, 0.5) is 0 Å². The van der Waals surface area contributed by atoms with Crippen LogP contribution in [0.15, 0.2) is 11.1 Å². The molecule has 0 spiro atoms. The summed E-state index contributed by atoms with van der Waals surface area (Å²) in [6.45, 7) is 9.25. The van der Waals surface area contributed by atoms with Crippen molar-refractivity contribution in [1.82, 2.24) is 10.6 Å². The van der Waals surface area contributed by atoms with Crippen LogP contribution in [0.2, 0.25) is 0 Å². The van der Waals surface area contributed by atoms with E-state index >= 15 is 0 Å². The zero-order valence-corrected chi connectivity index (χ0v) is 10.7. The first-order valence-electron chi connectivity index (χ1n) is 5.24. The van der Waals surface area contributed by atoms with Crippen LogP contribution >= 0.6 is 11.6 Å². The van der Waals surface area contributed by atoms with E-state index in [9.17, 15) is 4.79 Å². The molecule has 0 aromatic heterocycles. The third-order valence-corrected chi connectivity index (χ3v) is 2.32. The molecule has 0 aliphatic carbocycles. The van der Waals surface area contributed by atoms with Gasteiger partial charge in [-0.25, -0.2) is 0 Å². The van der Waals surface area contributed by atoms with E-state index in [1.807, 2.05) is 13.8 Å². The maximum Gasteiger partial charge on any atom is 0.236 e. The van der Waals surface area contributed by atoms with Gasteiger partial charge in [-0.15, -0.1) is 0 Å². The second-order valence-corrected chi connectivity index (χ2v) is 4.42. The number of hydrogen-bond donors (Lipinski definition) is 2. The average molecular weight is 233 g/mol. The summed E-state index contributed by atoms with van der Waals surface area (Å²) in [6.07, 6.45) is 0. The maximum absolute atomic E-state index is 11.5. The van der Waals surface area contributed by atoms with Gasteiger partial charge in [0.25, 0.3) is 0 Å². The molecule has 0 bridgehead atoms. The van der Waals surface area contributed by atoms with Gasteiger partial charge >= 0.3 is 0 Å². The second kappa shape index (κ2) is 7.71. The molecule has 0 aromatic rings. The van der Waals surface area contributed by atoms with Crippen molar-refractivity contribution in [2.45, 2.75) is 33.7 Å². The Hall–Kier alpha value is -0.540. The molecule has 0 radical (unpaired) electrons. The number of carbonyl (C=O) groups excluding carboxylic acids is 1. The van der Waals surface area contributed by atoms with E-state index in [0.29, 0.717) is 12.5 Å². The van der Waals surface area contributed by atoms with E-state index in [4.69, 9.17) is 11.6 Å². The van der Waals surface area contributed by atoms with Gasteiger partial charge in [0, 0.05) is 18.6 Å². The van der Waals surface area contributed by atoms with Gasteiger partial charge in [0.1, 0.15) is 0 Å². The van der Waals surface area contributed by atoms with Crippen molar-refractivity contribution in [2.24, 2.45) is 5.92 Å². The van der Waals surface area contributed by atoms with Gasteiger partial charge in [0.2, 0.25) is 5.91 Å². The van der Waals surface area contributed by atoms with Gasteiger partial charge in [-0.05, 0) is 25.3 Å². The normalized spacial score (nSPS) is 14.1. The molecule has 4 heteroatoms. The van der Waals surface area contributed by atoms with Crippen molar-refractivity contribution in [3.8, 4) is 0 Å². The Morgan fingerprint density at radius 1 is 1.40 bits per heavy atom. The Morgan fingerprint density at radius 3 is 2.47 bits per heavy atom. The number of halogens is 1. The lowest BCUT2D eigenvalue weighted by Crippen LogP contribution is -2.43. The van der Waals surface area contributed by atoms with Gasteiger partial charge in [-0.3, -0.25) is 4.79 Å². The topological polar surface area (TPSA) is 41.1 Å². The van der Waals surface area contributed by atoms with Crippen LogP contribution < -0.4 is 10.6 Å². The molecule has 0 aliphatic heterocycles. The number of rotatable bonds is 6. The third kappa shape index (κ3) is 7.40. The quantitative estimate of drug-likeness (QED) is 0.734. The fourth-order valence-electron chi connectivity index (χ4n) is 0.903. The smallest absolute Gasteiger partial charge is 0.236 e. The monoisotopic (exact) mass is 232 g/mol. The lowest BCUT2D eigenvalue weighted by atomic mass is 10.2. The fraction of sp³-hybridized carbons (Fsp3) is 0.727.